The summed E-state index contributed by atoms with van der Waals surface area (Å²) < 4.78 is 1.83. The van der Waals surface area contributed by atoms with Crippen LogP contribution in [0.1, 0.15) is 43.1 Å². The van der Waals surface area contributed by atoms with Crippen LogP contribution < -0.4 is 5.32 Å². The number of unbranched alkanes of at least 4 members (excludes halogenated alkanes) is 1. The summed E-state index contributed by atoms with van der Waals surface area (Å²) in [4.78, 5) is 11.1. The quantitative estimate of drug-likeness (QED) is 0.777. The normalized spacial score (nSPS) is 12.7. The molecule has 0 saturated heterocycles. The molecule has 1 aromatic heterocycles. The minimum Gasteiger partial charge on any atom is -0.480 e. The highest BCUT2D eigenvalue weighted by Crippen LogP contribution is 2.12. The molecule has 1 atom stereocenters. The molecule has 0 saturated carbocycles. The van der Waals surface area contributed by atoms with Crippen LogP contribution in [0.5, 0.6) is 0 Å². The zero-order chi connectivity index (χ0) is 13.7. The number of carboxylic acids is 1. The Balaban J connectivity index is 2.64. The van der Waals surface area contributed by atoms with Crippen molar-refractivity contribution in [1.29, 1.82) is 0 Å². The molecular formula is C13H23N3O2. The third kappa shape index (κ3) is 3.57. The van der Waals surface area contributed by atoms with Crippen LogP contribution in [-0.2, 0) is 18.4 Å². The molecule has 0 bridgehead atoms. The number of rotatable bonds is 7. The van der Waals surface area contributed by atoms with E-state index in [1.165, 1.54) is 0 Å². The Morgan fingerprint density at radius 3 is 2.61 bits per heavy atom. The lowest BCUT2D eigenvalue weighted by Gasteiger charge is -2.14. The Morgan fingerprint density at radius 2 is 2.17 bits per heavy atom. The van der Waals surface area contributed by atoms with Crippen LogP contribution in [0.2, 0.25) is 0 Å². The Kier molecular flexibility index (Phi) is 5.34. The average Bonchev–Trinajstić information content (AvgIpc) is 2.54. The molecule has 0 aromatic carbocycles. The van der Waals surface area contributed by atoms with Gasteiger partial charge in [-0.15, -0.1) is 0 Å². The molecule has 0 aliphatic carbocycles. The van der Waals surface area contributed by atoms with Crippen molar-refractivity contribution in [3.63, 3.8) is 0 Å². The first-order valence-electron chi connectivity index (χ1n) is 6.42. The van der Waals surface area contributed by atoms with Crippen molar-refractivity contribution in [2.24, 2.45) is 7.05 Å². The van der Waals surface area contributed by atoms with Gasteiger partial charge in [-0.1, -0.05) is 19.8 Å². The first-order valence-corrected chi connectivity index (χ1v) is 6.42. The molecule has 0 amide bonds. The molecule has 18 heavy (non-hydrogen) atoms. The third-order valence-corrected chi connectivity index (χ3v) is 3.33. The van der Waals surface area contributed by atoms with Crippen molar-refractivity contribution in [3.8, 4) is 0 Å². The standard InChI is InChI=1S/C13H23N3O2/c1-5-6-7-12(13(17)18)14-8-11-9(2)15-16(4)10(11)3/h12,14H,5-8H2,1-4H3,(H,17,18). The van der Waals surface area contributed by atoms with Crippen molar-refractivity contribution < 1.29 is 9.90 Å². The summed E-state index contributed by atoms with van der Waals surface area (Å²) in [5.41, 5.74) is 3.14. The summed E-state index contributed by atoms with van der Waals surface area (Å²) in [6.45, 7) is 6.57. The second-order valence-electron chi connectivity index (χ2n) is 4.69. The number of carboxylic acid groups (broad SMARTS) is 1. The van der Waals surface area contributed by atoms with Gasteiger partial charge in [-0.25, -0.2) is 0 Å². The smallest absolute Gasteiger partial charge is 0.320 e. The van der Waals surface area contributed by atoms with Crippen LogP contribution in [0.25, 0.3) is 0 Å². The molecular weight excluding hydrogens is 230 g/mol. The van der Waals surface area contributed by atoms with E-state index < -0.39 is 12.0 Å². The van der Waals surface area contributed by atoms with E-state index in [1.807, 2.05) is 25.6 Å². The zero-order valence-corrected chi connectivity index (χ0v) is 11.7. The SMILES string of the molecule is CCCCC(NCc1c(C)nn(C)c1C)C(=O)O. The fourth-order valence-electron chi connectivity index (χ4n) is 2.02. The first kappa shape index (κ1) is 14.7. The van der Waals surface area contributed by atoms with Crippen molar-refractivity contribution in [1.82, 2.24) is 15.1 Å². The fourth-order valence-corrected chi connectivity index (χ4v) is 2.02. The number of hydrogen-bond acceptors (Lipinski definition) is 3. The minimum atomic E-state index is -0.775. The van der Waals surface area contributed by atoms with Crippen molar-refractivity contribution in [2.45, 2.75) is 52.6 Å². The van der Waals surface area contributed by atoms with Gasteiger partial charge in [0.05, 0.1) is 5.69 Å². The van der Waals surface area contributed by atoms with E-state index in [0.717, 1.165) is 29.8 Å². The number of hydrogen-bond donors (Lipinski definition) is 2. The Hall–Kier alpha value is -1.36. The first-order chi connectivity index (χ1) is 8.47. The molecule has 5 nitrogen and oxygen atoms in total. The summed E-state index contributed by atoms with van der Waals surface area (Å²) in [7, 11) is 1.90. The Morgan fingerprint density at radius 1 is 1.50 bits per heavy atom. The molecule has 0 aliphatic heterocycles. The summed E-state index contributed by atoms with van der Waals surface area (Å²) in [6, 6.07) is -0.469. The minimum absolute atomic E-state index is 0.469. The van der Waals surface area contributed by atoms with Gasteiger partial charge in [0, 0.05) is 24.8 Å². The number of aromatic nitrogens is 2. The molecule has 1 heterocycles. The summed E-state index contributed by atoms with van der Waals surface area (Å²) in [6.07, 6.45) is 2.61. The monoisotopic (exact) mass is 253 g/mol. The summed E-state index contributed by atoms with van der Waals surface area (Å²) in [5, 5.41) is 16.6. The number of aryl methyl sites for hydroxylation is 2. The average molecular weight is 253 g/mol. The summed E-state index contributed by atoms with van der Waals surface area (Å²) in [5.74, 6) is -0.775. The van der Waals surface area contributed by atoms with E-state index in [2.05, 4.69) is 17.3 Å². The number of aliphatic carboxylic acids is 1. The molecule has 1 unspecified atom stereocenters. The predicted octanol–water partition coefficient (Wildman–Crippen LogP) is 1.77. The predicted molar refractivity (Wildman–Crippen MR) is 70.5 cm³/mol. The lowest BCUT2D eigenvalue weighted by atomic mass is 10.1. The Labute approximate surface area is 108 Å². The third-order valence-electron chi connectivity index (χ3n) is 3.33. The second-order valence-corrected chi connectivity index (χ2v) is 4.69. The molecule has 0 spiro atoms. The van der Waals surface area contributed by atoms with Crippen molar-refractivity contribution in [3.05, 3.63) is 17.0 Å². The van der Waals surface area contributed by atoms with Gasteiger partial charge >= 0.3 is 5.97 Å². The topological polar surface area (TPSA) is 67.2 Å². The maximum absolute atomic E-state index is 11.1. The van der Waals surface area contributed by atoms with E-state index in [-0.39, 0.29) is 0 Å². The van der Waals surface area contributed by atoms with E-state index in [9.17, 15) is 4.79 Å². The van der Waals surface area contributed by atoms with Gasteiger partial charge in [0.1, 0.15) is 6.04 Å². The molecule has 2 N–H and O–H groups in total. The summed E-state index contributed by atoms with van der Waals surface area (Å²) >= 11 is 0. The highest BCUT2D eigenvalue weighted by molar-refractivity contribution is 5.73. The molecule has 102 valence electrons. The zero-order valence-electron chi connectivity index (χ0n) is 11.7. The van der Waals surface area contributed by atoms with Crippen LogP contribution in [-0.4, -0.2) is 26.9 Å². The van der Waals surface area contributed by atoms with Gasteiger partial charge in [0.25, 0.3) is 0 Å². The van der Waals surface area contributed by atoms with Gasteiger partial charge in [-0.3, -0.25) is 9.48 Å². The number of nitrogens with one attached hydrogen (secondary N) is 1. The molecule has 5 heteroatoms. The van der Waals surface area contributed by atoms with Crippen molar-refractivity contribution >= 4 is 5.97 Å². The van der Waals surface area contributed by atoms with Gasteiger partial charge in [-0.05, 0) is 20.3 Å². The molecule has 0 fully saturated rings. The largest absolute Gasteiger partial charge is 0.480 e. The van der Waals surface area contributed by atoms with E-state index in [0.29, 0.717) is 13.0 Å². The molecule has 0 aliphatic rings. The number of nitrogens with zero attached hydrogens (tertiary/aromatic N) is 2. The maximum Gasteiger partial charge on any atom is 0.320 e. The van der Waals surface area contributed by atoms with Crippen LogP contribution in [0.4, 0.5) is 0 Å². The fraction of sp³-hybridized carbons (Fsp3) is 0.692. The molecule has 0 radical (unpaired) electrons. The maximum atomic E-state index is 11.1. The van der Waals surface area contributed by atoms with Crippen LogP contribution in [0, 0.1) is 13.8 Å². The van der Waals surface area contributed by atoms with E-state index >= 15 is 0 Å². The lowest BCUT2D eigenvalue weighted by Crippen LogP contribution is -2.36. The van der Waals surface area contributed by atoms with E-state index in [1.54, 1.807) is 0 Å². The van der Waals surface area contributed by atoms with Crippen LogP contribution >= 0.6 is 0 Å². The van der Waals surface area contributed by atoms with Gasteiger partial charge in [-0.2, -0.15) is 5.10 Å². The number of carbonyl (C=O) groups is 1. The van der Waals surface area contributed by atoms with Crippen molar-refractivity contribution in [2.75, 3.05) is 0 Å². The highest BCUT2D eigenvalue weighted by Gasteiger charge is 2.17. The van der Waals surface area contributed by atoms with E-state index in [4.69, 9.17) is 5.11 Å². The Bertz CT molecular complexity index is 413. The van der Waals surface area contributed by atoms with Gasteiger partial charge < -0.3 is 10.4 Å². The van der Waals surface area contributed by atoms with Gasteiger partial charge in [0.2, 0.25) is 0 Å². The van der Waals surface area contributed by atoms with Crippen LogP contribution in [0.15, 0.2) is 0 Å². The highest BCUT2D eigenvalue weighted by atomic mass is 16.4. The van der Waals surface area contributed by atoms with Gasteiger partial charge in [0.15, 0.2) is 0 Å². The molecule has 1 rings (SSSR count). The second kappa shape index (κ2) is 6.54. The lowest BCUT2D eigenvalue weighted by molar-refractivity contribution is -0.139. The van der Waals surface area contributed by atoms with Crippen LogP contribution in [0.3, 0.4) is 0 Å². The molecule has 1 aromatic rings.